The van der Waals surface area contributed by atoms with Crippen molar-refractivity contribution < 1.29 is 13.2 Å². The second kappa shape index (κ2) is 6.07. The molecule has 0 radical (unpaired) electrons. The number of hydrogen-bond acceptors (Lipinski definition) is 2. The van der Waals surface area contributed by atoms with E-state index in [1.54, 1.807) is 0 Å². The molecule has 0 fully saturated rings. The largest absolute Gasteiger partial charge is 0.401 e. The van der Waals surface area contributed by atoms with Crippen LogP contribution in [0.2, 0.25) is 0 Å². The summed E-state index contributed by atoms with van der Waals surface area (Å²) in [5.41, 5.74) is 2.87. The average molecular weight is 350 g/mol. The second-order valence-corrected chi connectivity index (χ2v) is 5.70. The summed E-state index contributed by atoms with van der Waals surface area (Å²) in [6.45, 7) is -0.753. The molecule has 1 N–H and O–H groups in total. The van der Waals surface area contributed by atoms with E-state index in [1.807, 2.05) is 35.0 Å². The molecule has 102 valence electrons. The zero-order valence-corrected chi connectivity index (χ0v) is 12.2. The van der Waals surface area contributed by atoms with Crippen LogP contribution in [0.5, 0.6) is 0 Å². The van der Waals surface area contributed by atoms with E-state index < -0.39 is 12.7 Å². The highest BCUT2D eigenvalue weighted by Crippen LogP contribution is 2.28. The number of thiophene rings is 1. The van der Waals surface area contributed by atoms with E-state index in [2.05, 4.69) is 21.2 Å². The van der Waals surface area contributed by atoms with E-state index >= 15 is 0 Å². The molecule has 1 aromatic heterocycles. The predicted octanol–water partition coefficient (Wildman–Crippen LogP) is 4.83. The molecule has 1 heterocycles. The maximum atomic E-state index is 12.1. The fraction of sp³-hybridized carbons (Fsp3) is 0.231. The van der Waals surface area contributed by atoms with Gasteiger partial charge in [-0.3, -0.25) is 0 Å². The van der Waals surface area contributed by atoms with Gasteiger partial charge in [-0.25, -0.2) is 0 Å². The van der Waals surface area contributed by atoms with Crippen molar-refractivity contribution in [3.05, 3.63) is 45.1 Å². The number of rotatable bonds is 4. The molecular formula is C13H11BrF3NS. The van der Waals surface area contributed by atoms with Gasteiger partial charge in [0.25, 0.3) is 0 Å². The summed E-state index contributed by atoms with van der Waals surface area (Å²) in [6.07, 6.45) is -4.17. The first-order chi connectivity index (χ1) is 8.96. The predicted molar refractivity (Wildman–Crippen MR) is 75.2 cm³/mol. The average Bonchev–Trinajstić information content (AvgIpc) is 2.77. The third-order valence-electron chi connectivity index (χ3n) is 2.54. The quantitative estimate of drug-likeness (QED) is 0.833. The van der Waals surface area contributed by atoms with E-state index in [0.29, 0.717) is 0 Å². The van der Waals surface area contributed by atoms with Gasteiger partial charge in [0.05, 0.1) is 6.54 Å². The van der Waals surface area contributed by atoms with Gasteiger partial charge in [0.1, 0.15) is 0 Å². The van der Waals surface area contributed by atoms with Crippen LogP contribution in [0.3, 0.4) is 0 Å². The van der Waals surface area contributed by atoms with Crippen molar-refractivity contribution in [2.75, 3.05) is 6.54 Å². The van der Waals surface area contributed by atoms with E-state index in [0.717, 1.165) is 21.2 Å². The van der Waals surface area contributed by atoms with Crippen LogP contribution >= 0.6 is 27.3 Å². The minimum Gasteiger partial charge on any atom is -0.305 e. The fourth-order valence-corrected chi connectivity index (χ4v) is 2.81. The standard InChI is InChI=1S/C13H11BrF3NS/c14-11-3-1-9(2-4-11)12-7-19-6-10(12)5-18-8-13(15,16)17/h1-4,6-7,18H,5,8H2. The number of halogens is 4. The smallest absolute Gasteiger partial charge is 0.305 e. The summed E-state index contributed by atoms with van der Waals surface area (Å²) in [4.78, 5) is 0. The Kier molecular flexibility index (Phi) is 4.65. The third-order valence-corrected chi connectivity index (χ3v) is 3.86. The Labute approximate surface area is 121 Å². The number of hydrogen-bond donors (Lipinski definition) is 1. The van der Waals surface area contributed by atoms with Crippen molar-refractivity contribution in [3.63, 3.8) is 0 Å². The Bertz CT molecular complexity index is 534. The molecule has 0 aliphatic rings. The molecule has 0 amide bonds. The molecule has 0 spiro atoms. The van der Waals surface area contributed by atoms with Crippen LogP contribution in [0.4, 0.5) is 13.2 Å². The molecule has 2 rings (SSSR count). The van der Waals surface area contributed by atoms with Crippen molar-refractivity contribution in [1.82, 2.24) is 5.32 Å². The van der Waals surface area contributed by atoms with Gasteiger partial charge in [-0.1, -0.05) is 28.1 Å². The van der Waals surface area contributed by atoms with Gasteiger partial charge >= 0.3 is 6.18 Å². The highest BCUT2D eigenvalue weighted by molar-refractivity contribution is 9.10. The monoisotopic (exact) mass is 349 g/mol. The fourth-order valence-electron chi connectivity index (χ4n) is 1.68. The Hall–Kier alpha value is -0.850. The first-order valence-electron chi connectivity index (χ1n) is 5.54. The van der Waals surface area contributed by atoms with Crippen molar-refractivity contribution in [1.29, 1.82) is 0 Å². The number of benzene rings is 1. The summed E-state index contributed by atoms with van der Waals surface area (Å²) in [6, 6.07) is 7.72. The van der Waals surface area contributed by atoms with Crippen LogP contribution < -0.4 is 5.32 Å². The molecule has 0 saturated heterocycles. The Morgan fingerprint density at radius 3 is 2.42 bits per heavy atom. The van der Waals surface area contributed by atoms with Gasteiger partial charge in [0.15, 0.2) is 0 Å². The Morgan fingerprint density at radius 2 is 1.79 bits per heavy atom. The van der Waals surface area contributed by atoms with Crippen molar-refractivity contribution in [2.45, 2.75) is 12.7 Å². The summed E-state index contributed by atoms with van der Waals surface area (Å²) in [7, 11) is 0. The van der Waals surface area contributed by atoms with Crippen LogP contribution in [0, 0.1) is 0 Å². The molecular weight excluding hydrogens is 339 g/mol. The number of alkyl halides is 3. The SMILES string of the molecule is FC(F)(F)CNCc1cscc1-c1ccc(Br)cc1. The minimum atomic E-state index is -4.17. The molecule has 0 aliphatic heterocycles. The second-order valence-electron chi connectivity index (χ2n) is 4.04. The maximum Gasteiger partial charge on any atom is 0.401 e. The van der Waals surface area contributed by atoms with E-state index in [-0.39, 0.29) is 6.54 Å². The van der Waals surface area contributed by atoms with E-state index in [4.69, 9.17) is 0 Å². The summed E-state index contributed by atoms with van der Waals surface area (Å²) in [5.74, 6) is 0. The van der Waals surface area contributed by atoms with Gasteiger partial charge in [-0.05, 0) is 39.6 Å². The van der Waals surface area contributed by atoms with Crippen molar-refractivity contribution >= 4 is 27.3 Å². The summed E-state index contributed by atoms with van der Waals surface area (Å²) >= 11 is 4.85. The first-order valence-corrected chi connectivity index (χ1v) is 7.28. The van der Waals surface area contributed by atoms with Gasteiger partial charge in [-0.2, -0.15) is 24.5 Å². The molecule has 19 heavy (non-hydrogen) atoms. The van der Waals surface area contributed by atoms with Crippen molar-refractivity contribution in [3.8, 4) is 11.1 Å². The van der Waals surface area contributed by atoms with E-state index in [1.165, 1.54) is 11.3 Å². The zero-order valence-electron chi connectivity index (χ0n) is 9.80. The van der Waals surface area contributed by atoms with Gasteiger partial charge in [0.2, 0.25) is 0 Å². The maximum absolute atomic E-state index is 12.1. The Balaban J connectivity index is 2.07. The van der Waals surface area contributed by atoms with Gasteiger partial charge < -0.3 is 5.32 Å². The van der Waals surface area contributed by atoms with Crippen LogP contribution in [-0.2, 0) is 6.54 Å². The van der Waals surface area contributed by atoms with Crippen molar-refractivity contribution in [2.24, 2.45) is 0 Å². The molecule has 1 nitrogen and oxygen atoms in total. The normalized spacial score (nSPS) is 11.8. The first kappa shape index (κ1) is 14.6. The molecule has 0 saturated carbocycles. The minimum absolute atomic E-state index is 0.217. The molecule has 0 unspecified atom stereocenters. The van der Waals surface area contributed by atoms with Gasteiger partial charge in [-0.15, -0.1) is 0 Å². The lowest BCUT2D eigenvalue weighted by molar-refractivity contribution is -0.125. The molecule has 6 heteroatoms. The lowest BCUT2D eigenvalue weighted by atomic mass is 10.1. The summed E-state index contributed by atoms with van der Waals surface area (Å²) < 4.78 is 37.2. The number of nitrogens with one attached hydrogen (secondary N) is 1. The molecule has 2 aromatic rings. The topological polar surface area (TPSA) is 12.0 Å². The van der Waals surface area contributed by atoms with Crippen LogP contribution in [0.15, 0.2) is 39.5 Å². The lowest BCUT2D eigenvalue weighted by Gasteiger charge is -2.09. The molecule has 1 aromatic carbocycles. The van der Waals surface area contributed by atoms with E-state index in [9.17, 15) is 13.2 Å². The van der Waals surface area contributed by atoms with Crippen LogP contribution in [0.1, 0.15) is 5.56 Å². The van der Waals surface area contributed by atoms with Gasteiger partial charge in [0, 0.05) is 11.0 Å². The van der Waals surface area contributed by atoms with Crippen LogP contribution in [-0.4, -0.2) is 12.7 Å². The highest BCUT2D eigenvalue weighted by Gasteiger charge is 2.26. The Morgan fingerprint density at radius 1 is 1.11 bits per heavy atom. The lowest BCUT2D eigenvalue weighted by Crippen LogP contribution is -2.28. The molecule has 0 bridgehead atoms. The third kappa shape index (κ3) is 4.33. The summed E-state index contributed by atoms with van der Waals surface area (Å²) in [5, 5.41) is 6.25. The molecule has 0 atom stereocenters. The molecule has 0 aliphatic carbocycles. The zero-order chi connectivity index (χ0) is 13.9. The highest BCUT2D eigenvalue weighted by atomic mass is 79.9. The van der Waals surface area contributed by atoms with Crippen LogP contribution in [0.25, 0.3) is 11.1 Å².